The summed E-state index contributed by atoms with van der Waals surface area (Å²) in [6.07, 6.45) is 2.25. The van der Waals surface area contributed by atoms with Crippen LogP contribution in [0.5, 0.6) is 0 Å². The smallest absolute Gasteiger partial charge is 0.410 e. The van der Waals surface area contributed by atoms with E-state index < -0.39 is 17.2 Å². The molecule has 0 spiro atoms. The molecule has 1 unspecified atom stereocenters. The summed E-state index contributed by atoms with van der Waals surface area (Å²) in [7, 11) is 0. The number of morpholine rings is 1. The number of hydrogen-bond donors (Lipinski definition) is 0. The number of carbonyl (C=O) groups is 2. The van der Waals surface area contributed by atoms with Gasteiger partial charge in [-0.25, -0.2) is 9.59 Å². The second-order valence-electron chi connectivity index (χ2n) is 7.23. The topological polar surface area (TPSA) is 65.1 Å². The summed E-state index contributed by atoms with van der Waals surface area (Å²) in [5, 5.41) is 0. The normalized spacial score (nSPS) is 20.1. The molecule has 0 aliphatic carbocycles. The molecular formula is C16H27NO5. The highest BCUT2D eigenvalue weighted by atomic mass is 16.6. The zero-order valence-corrected chi connectivity index (χ0v) is 14.3. The predicted octanol–water partition coefficient (Wildman–Crippen LogP) is 2.52. The monoisotopic (exact) mass is 313 g/mol. The third-order valence-corrected chi connectivity index (χ3v) is 2.60. The van der Waals surface area contributed by atoms with E-state index in [-0.39, 0.29) is 12.2 Å². The Kier molecular flexibility index (Phi) is 6.00. The summed E-state index contributed by atoms with van der Waals surface area (Å²) in [5.74, 6) is -0.425. The Bertz CT molecular complexity index is 431. The van der Waals surface area contributed by atoms with Gasteiger partial charge in [-0.1, -0.05) is 0 Å². The highest BCUT2D eigenvalue weighted by Crippen LogP contribution is 2.14. The molecule has 1 fully saturated rings. The molecule has 0 bridgehead atoms. The summed E-state index contributed by atoms with van der Waals surface area (Å²) in [5.41, 5.74) is -1.06. The molecule has 0 radical (unpaired) electrons. The first-order valence-electron chi connectivity index (χ1n) is 7.47. The van der Waals surface area contributed by atoms with Crippen LogP contribution in [0.1, 0.15) is 41.5 Å². The SMILES string of the molecule is CC(C)(C)OC(=O)C=CC1CN(C(=O)OC(C)(C)C)CCO1. The molecule has 1 atom stereocenters. The van der Waals surface area contributed by atoms with Gasteiger partial charge < -0.3 is 19.1 Å². The van der Waals surface area contributed by atoms with Crippen LogP contribution in [0.15, 0.2) is 12.2 Å². The minimum absolute atomic E-state index is 0.339. The first-order valence-corrected chi connectivity index (χ1v) is 7.47. The summed E-state index contributed by atoms with van der Waals surface area (Å²) in [6.45, 7) is 12.1. The number of hydrogen-bond acceptors (Lipinski definition) is 5. The maximum absolute atomic E-state index is 12.0. The first-order chi connectivity index (χ1) is 9.96. The third kappa shape index (κ3) is 7.45. The maximum Gasteiger partial charge on any atom is 0.410 e. The summed E-state index contributed by atoms with van der Waals surface area (Å²) in [4.78, 5) is 25.2. The second-order valence-corrected chi connectivity index (χ2v) is 7.23. The molecule has 0 saturated carbocycles. The van der Waals surface area contributed by atoms with Crippen molar-refractivity contribution in [2.24, 2.45) is 0 Å². The Morgan fingerprint density at radius 2 is 1.68 bits per heavy atom. The molecule has 0 aromatic heterocycles. The maximum atomic E-state index is 12.0. The highest BCUT2D eigenvalue weighted by molar-refractivity contribution is 5.82. The lowest BCUT2D eigenvalue weighted by Crippen LogP contribution is -2.47. The molecule has 22 heavy (non-hydrogen) atoms. The van der Waals surface area contributed by atoms with Gasteiger partial charge in [0, 0.05) is 12.6 Å². The molecule has 1 heterocycles. The van der Waals surface area contributed by atoms with Gasteiger partial charge in [0.1, 0.15) is 11.2 Å². The van der Waals surface area contributed by atoms with Gasteiger partial charge in [0.05, 0.1) is 19.3 Å². The Morgan fingerprint density at radius 1 is 1.09 bits per heavy atom. The zero-order chi connectivity index (χ0) is 17.0. The second kappa shape index (κ2) is 7.13. The largest absolute Gasteiger partial charge is 0.457 e. The van der Waals surface area contributed by atoms with Crippen LogP contribution in [0.25, 0.3) is 0 Å². The molecular weight excluding hydrogens is 286 g/mol. The molecule has 1 aliphatic heterocycles. The van der Waals surface area contributed by atoms with E-state index in [2.05, 4.69) is 0 Å². The van der Waals surface area contributed by atoms with E-state index in [0.29, 0.717) is 19.7 Å². The van der Waals surface area contributed by atoms with Gasteiger partial charge in [-0.2, -0.15) is 0 Å². The molecule has 0 aromatic rings. The van der Waals surface area contributed by atoms with Crippen molar-refractivity contribution in [2.45, 2.75) is 58.8 Å². The van der Waals surface area contributed by atoms with Crippen molar-refractivity contribution >= 4 is 12.1 Å². The standard InChI is InChI=1S/C16H27NO5/c1-15(2,3)21-13(18)8-7-12-11-17(9-10-20-12)14(19)22-16(4,5)6/h7-8,12H,9-11H2,1-6H3. The summed E-state index contributed by atoms with van der Waals surface area (Å²) < 4.78 is 16.0. The minimum Gasteiger partial charge on any atom is -0.457 e. The van der Waals surface area contributed by atoms with Crippen LogP contribution in [-0.4, -0.2) is 54.0 Å². The van der Waals surface area contributed by atoms with Crippen LogP contribution in [-0.2, 0) is 19.0 Å². The number of rotatable bonds is 2. The van der Waals surface area contributed by atoms with E-state index in [9.17, 15) is 9.59 Å². The molecule has 0 aromatic carbocycles. The third-order valence-electron chi connectivity index (χ3n) is 2.60. The lowest BCUT2D eigenvalue weighted by atomic mass is 10.2. The van der Waals surface area contributed by atoms with E-state index in [1.165, 1.54) is 6.08 Å². The lowest BCUT2D eigenvalue weighted by Gasteiger charge is -2.33. The van der Waals surface area contributed by atoms with Crippen LogP contribution in [0.2, 0.25) is 0 Å². The highest BCUT2D eigenvalue weighted by Gasteiger charge is 2.27. The van der Waals surface area contributed by atoms with Crippen molar-refractivity contribution in [3.05, 3.63) is 12.2 Å². The van der Waals surface area contributed by atoms with Crippen molar-refractivity contribution in [1.29, 1.82) is 0 Å². The summed E-state index contributed by atoms with van der Waals surface area (Å²) >= 11 is 0. The fraction of sp³-hybridized carbons (Fsp3) is 0.750. The molecule has 6 heteroatoms. The quantitative estimate of drug-likeness (QED) is 0.579. The average Bonchev–Trinajstić information content (AvgIpc) is 2.32. The number of carbonyl (C=O) groups excluding carboxylic acids is 2. The van der Waals surface area contributed by atoms with Gasteiger partial charge in [-0.3, -0.25) is 0 Å². The van der Waals surface area contributed by atoms with Crippen LogP contribution in [0.3, 0.4) is 0 Å². The van der Waals surface area contributed by atoms with Crippen molar-refractivity contribution in [3.63, 3.8) is 0 Å². The van der Waals surface area contributed by atoms with Crippen LogP contribution in [0, 0.1) is 0 Å². The Balaban J connectivity index is 2.53. The van der Waals surface area contributed by atoms with Gasteiger partial charge in [0.25, 0.3) is 0 Å². The van der Waals surface area contributed by atoms with E-state index in [1.807, 2.05) is 20.8 Å². The van der Waals surface area contributed by atoms with E-state index >= 15 is 0 Å². The number of esters is 1. The number of amides is 1. The van der Waals surface area contributed by atoms with Crippen molar-refractivity contribution in [2.75, 3.05) is 19.7 Å². The molecule has 6 nitrogen and oxygen atoms in total. The van der Waals surface area contributed by atoms with Crippen LogP contribution in [0.4, 0.5) is 4.79 Å². The Labute approximate surface area is 132 Å². The molecule has 0 N–H and O–H groups in total. The van der Waals surface area contributed by atoms with Crippen molar-refractivity contribution < 1.29 is 23.8 Å². The van der Waals surface area contributed by atoms with Crippen molar-refractivity contribution in [1.82, 2.24) is 4.90 Å². The minimum atomic E-state index is -0.531. The van der Waals surface area contributed by atoms with Crippen molar-refractivity contribution in [3.8, 4) is 0 Å². The molecule has 1 amide bonds. The molecule has 126 valence electrons. The van der Waals surface area contributed by atoms with Gasteiger partial charge in [0.15, 0.2) is 0 Å². The first kappa shape index (κ1) is 18.5. The fourth-order valence-electron chi connectivity index (χ4n) is 1.81. The Morgan fingerprint density at radius 3 is 2.23 bits per heavy atom. The number of ether oxygens (including phenoxy) is 3. The lowest BCUT2D eigenvalue weighted by molar-refractivity contribution is -0.148. The average molecular weight is 313 g/mol. The predicted molar refractivity (Wildman–Crippen MR) is 82.5 cm³/mol. The fourth-order valence-corrected chi connectivity index (χ4v) is 1.81. The van der Waals surface area contributed by atoms with E-state index in [0.717, 1.165) is 0 Å². The number of nitrogens with zero attached hydrogens (tertiary/aromatic N) is 1. The Hall–Kier alpha value is -1.56. The van der Waals surface area contributed by atoms with Crippen LogP contribution < -0.4 is 0 Å². The van der Waals surface area contributed by atoms with Gasteiger partial charge in [-0.05, 0) is 47.6 Å². The molecule has 1 aliphatic rings. The van der Waals surface area contributed by atoms with E-state index in [4.69, 9.17) is 14.2 Å². The van der Waals surface area contributed by atoms with E-state index in [1.54, 1.807) is 31.7 Å². The van der Waals surface area contributed by atoms with Gasteiger partial charge >= 0.3 is 12.1 Å². The van der Waals surface area contributed by atoms with Gasteiger partial charge in [0.2, 0.25) is 0 Å². The molecule has 1 saturated heterocycles. The molecule has 1 rings (SSSR count). The van der Waals surface area contributed by atoms with Crippen LogP contribution >= 0.6 is 0 Å². The zero-order valence-electron chi connectivity index (χ0n) is 14.3. The summed E-state index contributed by atoms with van der Waals surface area (Å²) in [6, 6.07) is 0. The van der Waals surface area contributed by atoms with Gasteiger partial charge in [-0.15, -0.1) is 0 Å².